The minimum absolute atomic E-state index is 0.0241. The minimum atomic E-state index is -0.0241. The van der Waals surface area contributed by atoms with Gasteiger partial charge in [-0.3, -0.25) is 0 Å². The Morgan fingerprint density at radius 2 is 2.17 bits per heavy atom. The number of para-hydroxylation sites is 1. The lowest BCUT2D eigenvalue weighted by atomic mass is 10.1. The van der Waals surface area contributed by atoms with Gasteiger partial charge in [0, 0.05) is 15.9 Å². The Morgan fingerprint density at radius 3 is 2.94 bits per heavy atom. The van der Waals surface area contributed by atoms with Gasteiger partial charge in [0.25, 0.3) is 0 Å². The maximum Gasteiger partial charge on any atom is 0.0720 e. The van der Waals surface area contributed by atoms with E-state index in [0.29, 0.717) is 0 Å². The average Bonchev–Trinajstić information content (AvgIpc) is 2.38. The Hall–Kier alpha value is -1.19. The van der Waals surface area contributed by atoms with E-state index in [2.05, 4.69) is 39.6 Å². The molecule has 0 spiro atoms. The van der Waals surface area contributed by atoms with Crippen LogP contribution >= 0.6 is 15.9 Å². The molecule has 1 aromatic heterocycles. The Labute approximate surface area is 116 Å². The van der Waals surface area contributed by atoms with E-state index in [0.717, 1.165) is 40.3 Å². The largest absolute Gasteiger partial charge is 0.323 e. The summed E-state index contributed by atoms with van der Waals surface area (Å²) in [4.78, 5) is 4.66. The molecule has 1 atom stereocenters. The normalized spacial score (nSPS) is 12.6. The zero-order chi connectivity index (χ0) is 13.0. The molecule has 0 saturated heterocycles. The van der Waals surface area contributed by atoms with Gasteiger partial charge >= 0.3 is 0 Å². The molecule has 0 fully saturated rings. The summed E-state index contributed by atoms with van der Waals surface area (Å²) in [5.74, 6) is 0. The van der Waals surface area contributed by atoms with Crippen LogP contribution in [-0.4, -0.2) is 4.98 Å². The number of pyridine rings is 1. The second-order valence-electron chi connectivity index (χ2n) is 4.37. The number of unbranched alkanes of at least 4 members (excludes halogenated alkanes) is 1. The van der Waals surface area contributed by atoms with E-state index in [1.54, 1.807) is 0 Å². The second kappa shape index (κ2) is 6.12. The highest BCUT2D eigenvalue weighted by molar-refractivity contribution is 9.10. The van der Waals surface area contributed by atoms with Crippen molar-refractivity contribution in [3.8, 4) is 0 Å². The van der Waals surface area contributed by atoms with Gasteiger partial charge in [-0.2, -0.15) is 0 Å². The molecule has 1 heterocycles. The van der Waals surface area contributed by atoms with Gasteiger partial charge in [-0.15, -0.1) is 6.58 Å². The minimum Gasteiger partial charge on any atom is -0.323 e. The smallest absolute Gasteiger partial charge is 0.0720 e. The second-order valence-corrected chi connectivity index (χ2v) is 5.23. The third kappa shape index (κ3) is 2.98. The van der Waals surface area contributed by atoms with E-state index < -0.39 is 0 Å². The summed E-state index contributed by atoms with van der Waals surface area (Å²) < 4.78 is 0.993. The van der Waals surface area contributed by atoms with Crippen molar-refractivity contribution in [3.63, 3.8) is 0 Å². The van der Waals surface area contributed by atoms with Crippen LogP contribution in [0.5, 0.6) is 0 Å². The summed E-state index contributed by atoms with van der Waals surface area (Å²) in [6.45, 7) is 3.72. The first kappa shape index (κ1) is 13.2. The molecule has 0 bridgehead atoms. The summed E-state index contributed by atoms with van der Waals surface area (Å²) in [5, 5.41) is 1.13. The Bertz CT molecular complexity index is 551. The van der Waals surface area contributed by atoms with Gasteiger partial charge in [-0.25, -0.2) is 4.98 Å². The number of nitrogens with zero attached hydrogens (tertiary/aromatic N) is 1. The molecule has 0 amide bonds. The lowest BCUT2D eigenvalue weighted by Gasteiger charge is -2.13. The van der Waals surface area contributed by atoms with Crippen molar-refractivity contribution in [2.75, 3.05) is 0 Å². The van der Waals surface area contributed by atoms with Gasteiger partial charge in [0.05, 0.1) is 11.2 Å². The number of hydrogen-bond donors (Lipinski definition) is 1. The van der Waals surface area contributed by atoms with E-state index in [-0.39, 0.29) is 6.04 Å². The van der Waals surface area contributed by atoms with Crippen LogP contribution in [0.2, 0.25) is 0 Å². The molecule has 0 aliphatic heterocycles. The molecular weight excluding hydrogens is 288 g/mol. The Morgan fingerprint density at radius 1 is 1.39 bits per heavy atom. The van der Waals surface area contributed by atoms with Crippen LogP contribution in [0.1, 0.15) is 31.0 Å². The molecule has 18 heavy (non-hydrogen) atoms. The highest BCUT2D eigenvalue weighted by atomic mass is 79.9. The number of benzene rings is 1. The van der Waals surface area contributed by atoms with Crippen molar-refractivity contribution >= 4 is 26.8 Å². The number of nitrogens with two attached hydrogens (primary N) is 1. The van der Waals surface area contributed by atoms with Crippen molar-refractivity contribution in [2.45, 2.75) is 25.3 Å². The van der Waals surface area contributed by atoms with Gasteiger partial charge in [0.1, 0.15) is 0 Å². The predicted molar refractivity (Wildman–Crippen MR) is 80.4 cm³/mol. The summed E-state index contributed by atoms with van der Waals surface area (Å²) >= 11 is 3.56. The summed E-state index contributed by atoms with van der Waals surface area (Å²) in [6.07, 6.45) is 4.90. The molecule has 0 aliphatic carbocycles. The summed E-state index contributed by atoms with van der Waals surface area (Å²) in [7, 11) is 0. The molecule has 0 saturated carbocycles. The lowest BCUT2D eigenvalue weighted by Crippen LogP contribution is -2.12. The zero-order valence-electron chi connectivity index (χ0n) is 10.3. The third-order valence-electron chi connectivity index (χ3n) is 2.98. The zero-order valence-corrected chi connectivity index (χ0v) is 11.9. The predicted octanol–water partition coefficient (Wildman–Crippen LogP) is 4.35. The molecule has 0 radical (unpaired) electrons. The van der Waals surface area contributed by atoms with E-state index in [1.807, 2.05) is 24.3 Å². The van der Waals surface area contributed by atoms with Crippen LogP contribution in [0, 0.1) is 0 Å². The van der Waals surface area contributed by atoms with Gasteiger partial charge in [0.2, 0.25) is 0 Å². The SMILES string of the molecule is C=CCCCC(N)c1nc2ccccc2cc1Br. The summed E-state index contributed by atoms with van der Waals surface area (Å²) in [6, 6.07) is 10.1. The van der Waals surface area contributed by atoms with E-state index in [4.69, 9.17) is 5.73 Å². The topological polar surface area (TPSA) is 38.9 Å². The number of fused-ring (bicyclic) bond motifs is 1. The first-order valence-electron chi connectivity index (χ1n) is 6.14. The van der Waals surface area contributed by atoms with Crippen LogP contribution in [0.25, 0.3) is 10.9 Å². The molecule has 0 aliphatic rings. The standard InChI is InChI=1S/C15H17BrN2/c1-2-3-4-8-13(17)15-12(16)10-11-7-5-6-9-14(11)18-15/h2,5-7,9-10,13H,1,3-4,8,17H2. The van der Waals surface area contributed by atoms with Crippen molar-refractivity contribution in [1.82, 2.24) is 4.98 Å². The fourth-order valence-electron chi connectivity index (χ4n) is 1.98. The maximum absolute atomic E-state index is 6.20. The molecule has 2 N–H and O–H groups in total. The first-order chi connectivity index (χ1) is 8.72. The fraction of sp³-hybridized carbons (Fsp3) is 0.267. The van der Waals surface area contributed by atoms with E-state index in [9.17, 15) is 0 Å². The number of allylic oxidation sites excluding steroid dienone is 1. The molecule has 2 nitrogen and oxygen atoms in total. The number of rotatable bonds is 5. The fourth-order valence-corrected chi connectivity index (χ4v) is 2.61. The maximum atomic E-state index is 6.20. The molecule has 2 rings (SSSR count). The van der Waals surface area contributed by atoms with Crippen molar-refractivity contribution in [3.05, 3.63) is 53.2 Å². The summed E-state index contributed by atoms with van der Waals surface area (Å²) in [5.41, 5.74) is 8.14. The van der Waals surface area contributed by atoms with Gasteiger partial charge in [-0.1, -0.05) is 24.3 Å². The van der Waals surface area contributed by atoms with Crippen molar-refractivity contribution < 1.29 is 0 Å². The van der Waals surface area contributed by atoms with Crippen molar-refractivity contribution in [2.24, 2.45) is 5.73 Å². The Balaban J connectivity index is 2.26. The molecule has 2 aromatic rings. The quantitative estimate of drug-likeness (QED) is 0.658. The van der Waals surface area contributed by atoms with E-state index in [1.165, 1.54) is 0 Å². The number of halogens is 1. The molecule has 1 unspecified atom stereocenters. The van der Waals surface area contributed by atoms with Crippen LogP contribution in [0.15, 0.2) is 47.5 Å². The molecule has 94 valence electrons. The third-order valence-corrected chi connectivity index (χ3v) is 3.61. The Kier molecular flexibility index (Phi) is 4.50. The molecular formula is C15H17BrN2. The van der Waals surface area contributed by atoms with Gasteiger partial charge in [-0.05, 0) is 47.3 Å². The van der Waals surface area contributed by atoms with Crippen LogP contribution in [0.4, 0.5) is 0 Å². The highest BCUT2D eigenvalue weighted by Gasteiger charge is 2.12. The number of aromatic nitrogens is 1. The average molecular weight is 305 g/mol. The van der Waals surface area contributed by atoms with Crippen LogP contribution in [-0.2, 0) is 0 Å². The van der Waals surface area contributed by atoms with Gasteiger partial charge < -0.3 is 5.73 Å². The van der Waals surface area contributed by atoms with E-state index >= 15 is 0 Å². The number of hydrogen-bond acceptors (Lipinski definition) is 2. The van der Waals surface area contributed by atoms with Crippen LogP contribution < -0.4 is 5.73 Å². The molecule has 1 aromatic carbocycles. The first-order valence-corrected chi connectivity index (χ1v) is 6.93. The molecule has 3 heteroatoms. The van der Waals surface area contributed by atoms with Crippen LogP contribution in [0.3, 0.4) is 0 Å². The lowest BCUT2D eigenvalue weighted by molar-refractivity contribution is 0.602. The highest BCUT2D eigenvalue weighted by Crippen LogP contribution is 2.27. The van der Waals surface area contributed by atoms with Crippen molar-refractivity contribution in [1.29, 1.82) is 0 Å². The van der Waals surface area contributed by atoms with Gasteiger partial charge in [0.15, 0.2) is 0 Å². The monoisotopic (exact) mass is 304 g/mol.